The molecular weight excluding hydrogens is 422 g/mol. The molecule has 0 aliphatic rings. The van der Waals surface area contributed by atoms with Gasteiger partial charge >= 0.3 is 0 Å². The summed E-state index contributed by atoms with van der Waals surface area (Å²) in [5, 5.41) is 24.9. The van der Waals surface area contributed by atoms with Crippen LogP contribution in [-0.4, -0.2) is 41.3 Å². The fourth-order valence-electron chi connectivity index (χ4n) is 3.75. The van der Waals surface area contributed by atoms with Gasteiger partial charge in [-0.2, -0.15) is 0 Å². The number of H-pyrrole nitrogens is 1. The third kappa shape index (κ3) is 7.69. The number of nitrogens with zero attached hydrogens (tertiary/aromatic N) is 1. The van der Waals surface area contributed by atoms with Crippen LogP contribution in [-0.2, 0) is 17.6 Å². The number of rotatable bonds is 14. The normalized spacial score (nSPS) is 11.2. The second kappa shape index (κ2) is 12.7. The third-order valence-electron chi connectivity index (χ3n) is 5.61. The van der Waals surface area contributed by atoms with Crippen molar-refractivity contribution in [2.24, 2.45) is 0 Å². The molecule has 33 heavy (non-hydrogen) atoms. The molecule has 176 valence electrons. The maximum Gasteiger partial charge on any atom is 0.269 e. The standard InChI is InChI=1S/C25H31N3O5/c29-23-11-7-20(22-10-12-24(30)27-25(22)23)13-16-26-15-3-1-2-4-17-33-18-14-19-5-8-21(9-6-19)28(31)32/h5-12,26,29H,1-4,13-18H2,(H,27,30). The largest absolute Gasteiger partial charge is 0.506 e. The maximum absolute atomic E-state index is 11.5. The van der Waals surface area contributed by atoms with Gasteiger partial charge in [-0.05, 0) is 62.0 Å². The Morgan fingerprint density at radius 3 is 2.48 bits per heavy atom. The summed E-state index contributed by atoms with van der Waals surface area (Å²) >= 11 is 0. The Kier molecular flexibility index (Phi) is 9.41. The Morgan fingerprint density at radius 2 is 1.70 bits per heavy atom. The maximum atomic E-state index is 11.5. The zero-order valence-electron chi connectivity index (χ0n) is 18.7. The van der Waals surface area contributed by atoms with Crippen LogP contribution in [0.5, 0.6) is 5.75 Å². The molecule has 0 aliphatic heterocycles. The molecule has 0 saturated carbocycles. The molecule has 0 amide bonds. The lowest BCUT2D eigenvalue weighted by Gasteiger charge is -2.09. The van der Waals surface area contributed by atoms with Crippen LogP contribution in [0, 0.1) is 10.1 Å². The highest BCUT2D eigenvalue weighted by Gasteiger charge is 2.06. The van der Waals surface area contributed by atoms with Crippen LogP contribution in [0.1, 0.15) is 36.8 Å². The van der Waals surface area contributed by atoms with Gasteiger partial charge in [-0.15, -0.1) is 0 Å². The molecule has 3 rings (SSSR count). The predicted octanol–water partition coefficient (Wildman–Crippen LogP) is 4.09. The van der Waals surface area contributed by atoms with Crippen LogP contribution >= 0.6 is 0 Å². The molecule has 1 aromatic heterocycles. The van der Waals surface area contributed by atoms with E-state index < -0.39 is 4.92 Å². The number of aromatic amines is 1. The number of benzene rings is 2. The molecule has 2 aromatic carbocycles. The van der Waals surface area contributed by atoms with E-state index in [-0.39, 0.29) is 17.0 Å². The number of phenolic OH excluding ortho intramolecular Hbond substituents is 1. The minimum atomic E-state index is -0.392. The van der Waals surface area contributed by atoms with E-state index in [1.165, 1.54) is 18.2 Å². The molecule has 0 bridgehead atoms. The van der Waals surface area contributed by atoms with E-state index >= 15 is 0 Å². The topological polar surface area (TPSA) is 117 Å². The van der Waals surface area contributed by atoms with Crippen LogP contribution in [0.3, 0.4) is 0 Å². The van der Waals surface area contributed by atoms with E-state index in [4.69, 9.17) is 4.74 Å². The highest BCUT2D eigenvalue weighted by Crippen LogP contribution is 2.24. The number of fused-ring (bicyclic) bond motifs is 1. The molecule has 0 unspecified atom stereocenters. The molecule has 0 aliphatic carbocycles. The molecule has 3 N–H and O–H groups in total. The monoisotopic (exact) mass is 453 g/mol. The van der Waals surface area contributed by atoms with Crippen LogP contribution in [0.15, 0.2) is 53.3 Å². The first-order chi connectivity index (χ1) is 16.0. The smallest absolute Gasteiger partial charge is 0.269 e. The number of hydrogen-bond acceptors (Lipinski definition) is 6. The number of aromatic hydroxyl groups is 1. The zero-order valence-corrected chi connectivity index (χ0v) is 18.7. The number of phenols is 1. The summed E-state index contributed by atoms with van der Waals surface area (Å²) < 4.78 is 5.67. The SMILES string of the molecule is O=c1ccc2c(CCNCCCCCCOCCc3ccc([N+](=O)[O-])cc3)ccc(O)c2[nH]1. The first-order valence-electron chi connectivity index (χ1n) is 11.4. The van der Waals surface area contributed by atoms with Crippen molar-refractivity contribution in [3.8, 4) is 5.75 Å². The van der Waals surface area contributed by atoms with Gasteiger partial charge in [0, 0.05) is 30.2 Å². The molecule has 8 heteroatoms. The average molecular weight is 454 g/mol. The van der Waals surface area contributed by atoms with Gasteiger partial charge in [0.2, 0.25) is 5.56 Å². The van der Waals surface area contributed by atoms with Crippen LogP contribution in [0.25, 0.3) is 10.9 Å². The Morgan fingerprint density at radius 1 is 0.909 bits per heavy atom. The van der Waals surface area contributed by atoms with Gasteiger partial charge in [0.25, 0.3) is 5.69 Å². The molecule has 0 atom stereocenters. The van der Waals surface area contributed by atoms with Crippen LogP contribution in [0.4, 0.5) is 5.69 Å². The fourth-order valence-corrected chi connectivity index (χ4v) is 3.75. The van der Waals surface area contributed by atoms with E-state index in [1.807, 2.05) is 6.07 Å². The van der Waals surface area contributed by atoms with Crippen LogP contribution < -0.4 is 10.9 Å². The van der Waals surface area contributed by atoms with Crippen molar-refractivity contribution in [3.63, 3.8) is 0 Å². The summed E-state index contributed by atoms with van der Waals surface area (Å²) in [6, 6.07) is 13.4. The average Bonchev–Trinajstić information content (AvgIpc) is 2.81. The minimum Gasteiger partial charge on any atom is -0.506 e. The molecule has 0 saturated heterocycles. The number of nitro groups is 1. The second-order valence-corrected chi connectivity index (χ2v) is 8.06. The molecule has 0 radical (unpaired) electrons. The summed E-state index contributed by atoms with van der Waals surface area (Å²) in [6.45, 7) is 3.15. The summed E-state index contributed by atoms with van der Waals surface area (Å²) in [4.78, 5) is 24.4. The third-order valence-corrected chi connectivity index (χ3v) is 5.61. The van der Waals surface area contributed by atoms with Crippen molar-refractivity contribution in [2.45, 2.75) is 38.5 Å². The molecular formula is C25H31N3O5. The van der Waals surface area contributed by atoms with E-state index in [9.17, 15) is 20.0 Å². The summed E-state index contributed by atoms with van der Waals surface area (Å²) in [5.41, 5.74) is 2.52. The van der Waals surface area contributed by atoms with Crippen molar-refractivity contribution in [2.75, 3.05) is 26.3 Å². The lowest BCUT2D eigenvalue weighted by Crippen LogP contribution is -2.18. The van der Waals surface area contributed by atoms with Gasteiger partial charge in [0.05, 0.1) is 17.0 Å². The number of ether oxygens (including phenoxy) is 1. The van der Waals surface area contributed by atoms with Gasteiger partial charge < -0.3 is 20.1 Å². The molecule has 8 nitrogen and oxygen atoms in total. The van der Waals surface area contributed by atoms with Gasteiger partial charge in [-0.25, -0.2) is 0 Å². The van der Waals surface area contributed by atoms with Crippen LogP contribution in [0.2, 0.25) is 0 Å². The van der Waals surface area contributed by atoms with Gasteiger partial charge in [0.15, 0.2) is 0 Å². The number of aromatic nitrogens is 1. The second-order valence-electron chi connectivity index (χ2n) is 8.06. The molecule has 1 heterocycles. The Balaban J connectivity index is 1.20. The number of unbranched alkanes of at least 4 members (excludes halogenated alkanes) is 3. The van der Waals surface area contributed by atoms with E-state index in [1.54, 1.807) is 24.3 Å². The lowest BCUT2D eigenvalue weighted by atomic mass is 10.0. The van der Waals surface area contributed by atoms with Crippen molar-refractivity contribution in [3.05, 3.63) is 80.1 Å². The van der Waals surface area contributed by atoms with Gasteiger partial charge in [-0.3, -0.25) is 14.9 Å². The van der Waals surface area contributed by atoms with Crippen molar-refractivity contribution >= 4 is 16.6 Å². The van der Waals surface area contributed by atoms with Gasteiger partial charge in [0.1, 0.15) is 5.75 Å². The predicted molar refractivity (Wildman–Crippen MR) is 129 cm³/mol. The highest BCUT2D eigenvalue weighted by atomic mass is 16.6. The Hall–Kier alpha value is -3.23. The number of non-ortho nitro benzene ring substituents is 1. The summed E-state index contributed by atoms with van der Waals surface area (Å²) in [6.07, 6.45) is 5.97. The lowest BCUT2D eigenvalue weighted by molar-refractivity contribution is -0.384. The van der Waals surface area contributed by atoms with Gasteiger partial charge in [-0.1, -0.05) is 31.0 Å². The number of nitro benzene ring substituents is 1. The molecule has 3 aromatic rings. The number of pyridine rings is 1. The Bertz CT molecular complexity index is 1100. The minimum absolute atomic E-state index is 0.0923. The summed E-state index contributed by atoms with van der Waals surface area (Å²) in [7, 11) is 0. The highest BCUT2D eigenvalue weighted by molar-refractivity contribution is 5.87. The van der Waals surface area contributed by atoms with E-state index in [2.05, 4.69) is 10.3 Å². The Labute approximate surface area is 192 Å². The number of nitrogens with one attached hydrogen (secondary N) is 2. The van der Waals surface area contributed by atoms with E-state index in [0.29, 0.717) is 12.1 Å². The fraction of sp³-hybridized carbons (Fsp3) is 0.400. The van der Waals surface area contributed by atoms with Crippen molar-refractivity contribution in [1.29, 1.82) is 0 Å². The zero-order chi connectivity index (χ0) is 23.5. The first kappa shape index (κ1) is 24.4. The van der Waals surface area contributed by atoms with Crippen molar-refractivity contribution in [1.82, 2.24) is 10.3 Å². The number of hydrogen-bond donors (Lipinski definition) is 3. The van der Waals surface area contributed by atoms with Crippen molar-refractivity contribution < 1.29 is 14.8 Å². The quantitative estimate of drug-likeness (QED) is 0.192. The summed E-state index contributed by atoms with van der Waals surface area (Å²) in [5.74, 6) is 0.0923. The van der Waals surface area contributed by atoms with E-state index in [0.717, 1.165) is 74.7 Å². The first-order valence-corrected chi connectivity index (χ1v) is 11.4. The molecule has 0 spiro atoms. The molecule has 0 fully saturated rings.